The lowest BCUT2D eigenvalue weighted by atomic mass is 9.94. The molecular weight excluding hydrogens is 358 g/mol. The van der Waals surface area contributed by atoms with Crippen molar-refractivity contribution in [2.75, 3.05) is 26.2 Å². The average Bonchev–Trinajstić information content (AvgIpc) is 2.67. The van der Waals surface area contributed by atoms with E-state index < -0.39 is 11.5 Å². The quantitative estimate of drug-likeness (QED) is 0.804. The number of hydrogen-bond acceptors (Lipinski definition) is 4. The summed E-state index contributed by atoms with van der Waals surface area (Å²) in [4.78, 5) is 40.6. The highest BCUT2D eigenvalue weighted by Crippen LogP contribution is 2.23. The van der Waals surface area contributed by atoms with Crippen LogP contribution in [0.1, 0.15) is 61.0 Å². The van der Waals surface area contributed by atoms with Crippen molar-refractivity contribution < 1.29 is 14.7 Å². The van der Waals surface area contributed by atoms with Crippen LogP contribution in [0.2, 0.25) is 0 Å². The maximum Gasteiger partial charge on any atom is 0.341 e. The fourth-order valence-electron chi connectivity index (χ4n) is 4.39. The van der Waals surface area contributed by atoms with E-state index in [9.17, 15) is 19.5 Å². The zero-order chi connectivity index (χ0) is 20.3. The number of carbonyl (C=O) groups excluding carboxylic acids is 1. The molecule has 1 aromatic rings. The average molecular weight is 389 g/mol. The number of pyridine rings is 1. The number of nitrogens with zero attached hydrogens (tertiary/aromatic N) is 3. The van der Waals surface area contributed by atoms with Crippen molar-refractivity contribution in [3.05, 3.63) is 33.2 Å². The van der Waals surface area contributed by atoms with E-state index in [1.807, 2.05) is 0 Å². The van der Waals surface area contributed by atoms with Gasteiger partial charge in [-0.3, -0.25) is 9.59 Å². The van der Waals surface area contributed by atoms with E-state index in [-0.39, 0.29) is 11.5 Å². The van der Waals surface area contributed by atoms with Gasteiger partial charge in [0.15, 0.2) is 0 Å². The van der Waals surface area contributed by atoms with Crippen LogP contribution in [0.5, 0.6) is 0 Å². The first-order valence-electron chi connectivity index (χ1n) is 10.4. The summed E-state index contributed by atoms with van der Waals surface area (Å²) in [6.45, 7) is 8.31. The van der Waals surface area contributed by atoms with Crippen LogP contribution in [0.15, 0.2) is 11.0 Å². The van der Waals surface area contributed by atoms with Crippen LogP contribution in [0.3, 0.4) is 0 Å². The van der Waals surface area contributed by atoms with Crippen molar-refractivity contribution in [1.82, 2.24) is 14.4 Å². The molecule has 0 atom stereocenters. The first-order valence-corrected chi connectivity index (χ1v) is 10.4. The molecule has 1 aromatic heterocycles. The summed E-state index contributed by atoms with van der Waals surface area (Å²) in [5.74, 6) is -0.816. The minimum absolute atomic E-state index is 0.0280. The Morgan fingerprint density at radius 1 is 1.21 bits per heavy atom. The fraction of sp³-hybridized carbons (Fsp3) is 0.667. The lowest BCUT2D eigenvalue weighted by molar-refractivity contribution is -0.129. The molecule has 7 heteroatoms. The molecule has 1 saturated heterocycles. The summed E-state index contributed by atoms with van der Waals surface area (Å²) in [6, 6.07) is 0. The predicted molar refractivity (Wildman–Crippen MR) is 107 cm³/mol. The number of aromatic nitrogens is 1. The monoisotopic (exact) mass is 389 g/mol. The molecule has 0 bridgehead atoms. The Hall–Kier alpha value is -2.15. The van der Waals surface area contributed by atoms with E-state index >= 15 is 0 Å². The van der Waals surface area contributed by atoms with Gasteiger partial charge in [0.25, 0.3) is 5.56 Å². The summed E-state index contributed by atoms with van der Waals surface area (Å²) >= 11 is 0. The van der Waals surface area contributed by atoms with Gasteiger partial charge in [0.2, 0.25) is 5.91 Å². The van der Waals surface area contributed by atoms with Crippen LogP contribution in [0, 0.1) is 5.92 Å². The number of carboxylic acids is 1. The van der Waals surface area contributed by atoms with Crippen LogP contribution in [-0.2, 0) is 24.3 Å². The van der Waals surface area contributed by atoms with Gasteiger partial charge in [-0.2, -0.15) is 0 Å². The van der Waals surface area contributed by atoms with Gasteiger partial charge < -0.3 is 19.5 Å². The Bertz CT molecular complexity index is 794. The number of rotatable bonds is 6. The predicted octanol–water partition coefficient (Wildman–Crippen LogP) is 1.96. The number of piperidine rings is 1. The summed E-state index contributed by atoms with van der Waals surface area (Å²) < 4.78 is 1.58. The zero-order valence-electron chi connectivity index (χ0n) is 16.9. The third-order valence-corrected chi connectivity index (χ3v) is 6.12. The Kier molecular flexibility index (Phi) is 6.54. The van der Waals surface area contributed by atoms with Gasteiger partial charge in [0.1, 0.15) is 5.56 Å². The number of aromatic carboxylic acids is 1. The number of hydrogen-bond donors (Lipinski definition) is 1. The molecule has 2 aliphatic heterocycles. The van der Waals surface area contributed by atoms with Crippen molar-refractivity contribution in [2.24, 2.45) is 5.92 Å². The molecule has 0 saturated carbocycles. The zero-order valence-corrected chi connectivity index (χ0v) is 16.9. The molecule has 1 amide bonds. The fourth-order valence-corrected chi connectivity index (χ4v) is 4.39. The lowest BCUT2D eigenvalue weighted by Gasteiger charge is -2.33. The van der Waals surface area contributed by atoms with Crippen LogP contribution >= 0.6 is 0 Å². The first-order chi connectivity index (χ1) is 13.4. The third-order valence-electron chi connectivity index (χ3n) is 6.12. The molecular formula is C21H31N3O4. The number of carboxylic acid groups (broad SMARTS) is 1. The van der Waals surface area contributed by atoms with Gasteiger partial charge in [-0.1, -0.05) is 13.3 Å². The van der Waals surface area contributed by atoms with Crippen molar-refractivity contribution in [3.8, 4) is 0 Å². The number of likely N-dealkylation sites (tertiary alicyclic amines) is 1. The van der Waals surface area contributed by atoms with Gasteiger partial charge in [-0.05, 0) is 62.4 Å². The van der Waals surface area contributed by atoms with E-state index in [2.05, 4.69) is 11.8 Å². The molecule has 3 rings (SSSR count). The standard InChI is InChI=1S/C21H31N3O4/c1-3-4-8-22-9-5-16(6-10-22)12-24-14-17-13-23(15(2)25)11-7-18(17)19(20(24)26)21(27)28/h14,16H,3-13H2,1-2H3,(H,27,28). The molecule has 3 heterocycles. The molecule has 0 aromatic carbocycles. The van der Waals surface area contributed by atoms with Crippen molar-refractivity contribution in [3.63, 3.8) is 0 Å². The maximum absolute atomic E-state index is 12.9. The Morgan fingerprint density at radius 2 is 1.93 bits per heavy atom. The maximum atomic E-state index is 12.9. The smallest absolute Gasteiger partial charge is 0.341 e. The molecule has 0 unspecified atom stereocenters. The van der Waals surface area contributed by atoms with Gasteiger partial charge in [-0.15, -0.1) is 0 Å². The normalized spacial score (nSPS) is 18.1. The molecule has 154 valence electrons. The van der Waals surface area contributed by atoms with Crippen LogP contribution < -0.4 is 5.56 Å². The molecule has 0 aliphatic carbocycles. The second-order valence-electron chi connectivity index (χ2n) is 8.10. The molecule has 2 aliphatic rings. The number of unbranched alkanes of at least 4 members (excludes halogenated alkanes) is 1. The Balaban J connectivity index is 1.79. The summed E-state index contributed by atoms with van der Waals surface area (Å²) in [5.41, 5.74) is 0.872. The third kappa shape index (κ3) is 4.46. The molecule has 1 fully saturated rings. The minimum atomic E-state index is -1.17. The molecule has 0 radical (unpaired) electrons. The van der Waals surface area contributed by atoms with Gasteiger partial charge in [0, 0.05) is 32.8 Å². The van der Waals surface area contributed by atoms with Crippen LogP contribution in [-0.4, -0.2) is 57.5 Å². The second kappa shape index (κ2) is 8.90. The Labute approximate surface area is 165 Å². The number of amides is 1. The highest BCUT2D eigenvalue weighted by atomic mass is 16.4. The minimum Gasteiger partial charge on any atom is -0.477 e. The molecule has 1 N–H and O–H groups in total. The van der Waals surface area contributed by atoms with Crippen LogP contribution in [0.4, 0.5) is 0 Å². The summed E-state index contributed by atoms with van der Waals surface area (Å²) in [7, 11) is 0. The van der Waals surface area contributed by atoms with E-state index in [4.69, 9.17) is 0 Å². The summed E-state index contributed by atoms with van der Waals surface area (Å²) in [5, 5.41) is 9.64. The van der Waals surface area contributed by atoms with E-state index in [0.717, 1.165) is 38.0 Å². The van der Waals surface area contributed by atoms with E-state index in [1.165, 1.54) is 19.8 Å². The number of fused-ring (bicyclic) bond motifs is 1. The van der Waals surface area contributed by atoms with Crippen molar-refractivity contribution in [1.29, 1.82) is 0 Å². The van der Waals surface area contributed by atoms with Gasteiger partial charge >= 0.3 is 5.97 Å². The highest BCUT2D eigenvalue weighted by molar-refractivity contribution is 5.89. The largest absolute Gasteiger partial charge is 0.477 e. The molecule has 28 heavy (non-hydrogen) atoms. The van der Waals surface area contributed by atoms with Crippen molar-refractivity contribution in [2.45, 2.75) is 59.0 Å². The van der Waals surface area contributed by atoms with E-state index in [0.29, 0.717) is 37.5 Å². The topological polar surface area (TPSA) is 82.8 Å². The van der Waals surface area contributed by atoms with Crippen molar-refractivity contribution >= 4 is 11.9 Å². The second-order valence-corrected chi connectivity index (χ2v) is 8.10. The highest BCUT2D eigenvalue weighted by Gasteiger charge is 2.28. The lowest BCUT2D eigenvalue weighted by Crippen LogP contribution is -2.40. The van der Waals surface area contributed by atoms with E-state index in [1.54, 1.807) is 15.7 Å². The van der Waals surface area contributed by atoms with Gasteiger partial charge in [0.05, 0.1) is 0 Å². The van der Waals surface area contributed by atoms with Crippen LogP contribution in [0.25, 0.3) is 0 Å². The van der Waals surface area contributed by atoms with Gasteiger partial charge in [-0.25, -0.2) is 4.79 Å². The number of carbonyl (C=O) groups is 2. The first kappa shape index (κ1) is 20.6. The Morgan fingerprint density at radius 3 is 2.54 bits per heavy atom. The SMILES string of the molecule is CCCCN1CCC(Cn2cc3c(c(C(=O)O)c2=O)CCN(C(C)=O)C3)CC1. The molecule has 0 spiro atoms. The summed E-state index contributed by atoms with van der Waals surface area (Å²) in [6.07, 6.45) is 6.67. The molecule has 7 nitrogen and oxygen atoms in total.